The maximum Gasteiger partial charge on any atom is 0.431 e. The van der Waals surface area contributed by atoms with E-state index in [1.54, 1.807) is 4.98 Å². The highest BCUT2D eigenvalue weighted by molar-refractivity contribution is 5.69. The van der Waals surface area contributed by atoms with E-state index in [2.05, 4.69) is 0 Å². The summed E-state index contributed by atoms with van der Waals surface area (Å²) < 4.78 is 36.2. The van der Waals surface area contributed by atoms with E-state index in [0.29, 0.717) is 6.07 Å². The number of nitrogens with one attached hydrogen (secondary N) is 1. The Morgan fingerprint density at radius 3 is 2.40 bits per heavy atom. The van der Waals surface area contributed by atoms with Gasteiger partial charge in [0, 0.05) is 5.56 Å². The lowest BCUT2D eigenvalue weighted by atomic mass is 10.2. The SMILES string of the molecule is O=C(O)Cc1ccc(C(F)(F)F)[nH]c1=O. The molecule has 0 fully saturated rings. The summed E-state index contributed by atoms with van der Waals surface area (Å²) in [6.45, 7) is 0. The maximum absolute atomic E-state index is 12.1. The van der Waals surface area contributed by atoms with Gasteiger partial charge in [-0.25, -0.2) is 0 Å². The largest absolute Gasteiger partial charge is 0.481 e. The van der Waals surface area contributed by atoms with Crippen LogP contribution in [0.25, 0.3) is 0 Å². The molecule has 0 atom stereocenters. The van der Waals surface area contributed by atoms with E-state index < -0.39 is 29.8 Å². The number of rotatable bonds is 2. The Hall–Kier alpha value is -1.79. The third kappa shape index (κ3) is 2.83. The van der Waals surface area contributed by atoms with Gasteiger partial charge in [-0.3, -0.25) is 9.59 Å². The number of H-pyrrole nitrogens is 1. The van der Waals surface area contributed by atoms with E-state index in [9.17, 15) is 22.8 Å². The van der Waals surface area contributed by atoms with Crippen molar-refractivity contribution in [1.29, 1.82) is 0 Å². The quantitative estimate of drug-likeness (QED) is 0.783. The number of hydrogen-bond acceptors (Lipinski definition) is 2. The summed E-state index contributed by atoms with van der Waals surface area (Å²) >= 11 is 0. The van der Waals surface area contributed by atoms with E-state index in [1.807, 2.05) is 0 Å². The van der Waals surface area contributed by atoms with Gasteiger partial charge in [0.05, 0.1) is 6.42 Å². The molecule has 7 heteroatoms. The van der Waals surface area contributed by atoms with Crippen molar-refractivity contribution in [3.63, 3.8) is 0 Å². The second-order valence-electron chi connectivity index (χ2n) is 2.79. The predicted octanol–water partition coefficient (Wildman–Crippen LogP) is 1.02. The minimum absolute atomic E-state index is 0.212. The van der Waals surface area contributed by atoms with Crippen molar-refractivity contribution in [2.75, 3.05) is 0 Å². The second-order valence-corrected chi connectivity index (χ2v) is 2.79. The van der Waals surface area contributed by atoms with Gasteiger partial charge in [-0.05, 0) is 6.07 Å². The van der Waals surface area contributed by atoms with Crippen LogP contribution in [0.1, 0.15) is 11.3 Å². The number of aliphatic carboxylic acids is 1. The molecule has 1 rings (SSSR count). The van der Waals surface area contributed by atoms with Crippen molar-refractivity contribution < 1.29 is 23.1 Å². The summed E-state index contributed by atoms with van der Waals surface area (Å²) in [5, 5.41) is 8.35. The Bertz CT molecular complexity index is 435. The normalized spacial score (nSPS) is 11.4. The zero-order chi connectivity index (χ0) is 11.6. The van der Waals surface area contributed by atoms with Crippen LogP contribution >= 0.6 is 0 Å². The first kappa shape index (κ1) is 11.3. The minimum Gasteiger partial charge on any atom is -0.481 e. The number of hydrogen-bond donors (Lipinski definition) is 2. The average Bonchev–Trinajstić information content (AvgIpc) is 2.05. The minimum atomic E-state index is -4.64. The molecule has 4 nitrogen and oxygen atoms in total. The number of aromatic nitrogens is 1. The Morgan fingerprint density at radius 1 is 1.40 bits per heavy atom. The topological polar surface area (TPSA) is 70.2 Å². The van der Waals surface area contributed by atoms with Crippen molar-refractivity contribution in [2.24, 2.45) is 0 Å². The first-order valence-electron chi connectivity index (χ1n) is 3.82. The molecule has 1 aromatic rings. The summed E-state index contributed by atoms with van der Waals surface area (Å²) in [7, 11) is 0. The standard InChI is InChI=1S/C8H6F3NO3/c9-8(10,11)5-2-1-4(3-6(13)14)7(15)12-5/h1-2H,3H2,(H,12,15)(H,13,14). The fourth-order valence-corrected chi connectivity index (χ4v) is 0.971. The molecular formula is C8H6F3NO3. The summed E-state index contributed by atoms with van der Waals surface area (Å²) in [4.78, 5) is 22.8. The molecule has 0 aliphatic carbocycles. The van der Waals surface area contributed by atoms with Crippen molar-refractivity contribution >= 4 is 5.97 Å². The van der Waals surface area contributed by atoms with Crippen LogP contribution in [0, 0.1) is 0 Å². The molecule has 0 saturated heterocycles. The molecule has 0 aliphatic rings. The zero-order valence-electron chi connectivity index (χ0n) is 7.26. The highest BCUT2D eigenvalue weighted by Crippen LogP contribution is 2.26. The monoisotopic (exact) mass is 221 g/mol. The number of alkyl halides is 3. The van der Waals surface area contributed by atoms with Gasteiger partial charge in [-0.15, -0.1) is 0 Å². The molecule has 0 bridgehead atoms. The number of aromatic amines is 1. The number of carbonyl (C=O) groups is 1. The van der Waals surface area contributed by atoms with Crippen LogP contribution in [0.15, 0.2) is 16.9 Å². The van der Waals surface area contributed by atoms with Crippen LogP contribution in [0.4, 0.5) is 13.2 Å². The zero-order valence-corrected chi connectivity index (χ0v) is 7.26. The molecule has 0 unspecified atom stereocenters. The molecule has 0 saturated carbocycles. The lowest BCUT2D eigenvalue weighted by Crippen LogP contribution is -2.21. The van der Waals surface area contributed by atoms with Gasteiger partial charge in [-0.2, -0.15) is 13.2 Å². The average molecular weight is 221 g/mol. The summed E-state index contributed by atoms with van der Waals surface area (Å²) in [5.41, 5.74) is -2.44. The molecule has 0 spiro atoms. The van der Waals surface area contributed by atoms with Crippen molar-refractivity contribution in [2.45, 2.75) is 12.6 Å². The smallest absolute Gasteiger partial charge is 0.431 e. The highest BCUT2D eigenvalue weighted by Gasteiger charge is 2.31. The lowest BCUT2D eigenvalue weighted by Gasteiger charge is -2.06. The Labute approximate surface area is 81.4 Å². The molecule has 1 heterocycles. The molecule has 0 aromatic carbocycles. The number of carboxylic acids is 1. The summed E-state index contributed by atoms with van der Waals surface area (Å²) in [6, 6.07) is 1.50. The van der Waals surface area contributed by atoms with Crippen LogP contribution in [-0.2, 0) is 17.4 Å². The van der Waals surface area contributed by atoms with Gasteiger partial charge in [0.2, 0.25) is 0 Å². The van der Waals surface area contributed by atoms with E-state index in [0.717, 1.165) is 6.07 Å². The Balaban J connectivity index is 3.09. The molecule has 2 N–H and O–H groups in total. The molecule has 82 valence electrons. The van der Waals surface area contributed by atoms with Gasteiger partial charge in [-0.1, -0.05) is 6.07 Å². The predicted molar refractivity (Wildman–Crippen MR) is 43.4 cm³/mol. The van der Waals surface area contributed by atoms with Crippen molar-refractivity contribution in [3.8, 4) is 0 Å². The fourth-order valence-electron chi connectivity index (χ4n) is 0.971. The van der Waals surface area contributed by atoms with E-state index >= 15 is 0 Å². The van der Waals surface area contributed by atoms with Crippen LogP contribution in [0.2, 0.25) is 0 Å². The molecule has 0 aliphatic heterocycles. The molecular weight excluding hydrogens is 215 g/mol. The Morgan fingerprint density at radius 2 is 2.00 bits per heavy atom. The van der Waals surface area contributed by atoms with Crippen LogP contribution in [0.3, 0.4) is 0 Å². The highest BCUT2D eigenvalue weighted by atomic mass is 19.4. The number of carboxylic acid groups (broad SMARTS) is 1. The van der Waals surface area contributed by atoms with Crippen molar-refractivity contribution in [3.05, 3.63) is 33.7 Å². The van der Waals surface area contributed by atoms with Gasteiger partial charge in [0.1, 0.15) is 5.69 Å². The van der Waals surface area contributed by atoms with Crippen molar-refractivity contribution in [1.82, 2.24) is 4.98 Å². The van der Waals surface area contributed by atoms with E-state index in [1.165, 1.54) is 0 Å². The number of pyridine rings is 1. The maximum atomic E-state index is 12.1. The molecule has 0 amide bonds. The summed E-state index contributed by atoms with van der Waals surface area (Å²) in [5.74, 6) is -1.28. The van der Waals surface area contributed by atoms with Gasteiger partial charge < -0.3 is 10.1 Å². The molecule has 15 heavy (non-hydrogen) atoms. The van der Waals surface area contributed by atoms with Gasteiger partial charge in [0.25, 0.3) is 5.56 Å². The van der Waals surface area contributed by atoms with Crippen LogP contribution in [0.5, 0.6) is 0 Å². The third-order valence-corrected chi connectivity index (χ3v) is 1.64. The molecule has 1 aromatic heterocycles. The van der Waals surface area contributed by atoms with Crippen LogP contribution in [-0.4, -0.2) is 16.1 Å². The van der Waals surface area contributed by atoms with E-state index in [4.69, 9.17) is 5.11 Å². The first-order chi connectivity index (χ1) is 6.80. The van der Waals surface area contributed by atoms with Gasteiger partial charge >= 0.3 is 12.1 Å². The third-order valence-electron chi connectivity index (χ3n) is 1.64. The van der Waals surface area contributed by atoms with E-state index in [-0.39, 0.29) is 5.56 Å². The number of halogens is 3. The molecule has 0 radical (unpaired) electrons. The second kappa shape index (κ2) is 3.76. The van der Waals surface area contributed by atoms with Gasteiger partial charge in [0.15, 0.2) is 0 Å². The fraction of sp³-hybridized carbons (Fsp3) is 0.250. The van der Waals surface area contributed by atoms with Crippen LogP contribution < -0.4 is 5.56 Å². The lowest BCUT2D eigenvalue weighted by molar-refractivity contribution is -0.141. The first-order valence-corrected chi connectivity index (χ1v) is 3.82. The summed E-state index contributed by atoms with van der Waals surface area (Å²) in [6.07, 6.45) is -5.24. The Kier molecular flexibility index (Phi) is 2.83.